The summed E-state index contributed by atoms with van der Waals surface area (Å²) in [6, 6.07) is 0. The Balaban J connectivity index is 1.73. The maximum absolute atomic E-state index is 12.2. The lowest BCUT2D eigenvalue weighted by molar-refractivity contribution is -0.298. The van der Waals surface area contributed by atoms with Gasteiger partial charge in [0, 0.05) is 32.6 Å². The van der Waals surface area contributed by atoms with Gasteiger partial charge in [-0.3, -0.25) is 19.2 Å². The number of hydrogen-bond donors (Lipinski definition) is 0. The van der Waals surface area contributed by atoms with Gasteiger partial charge in [0.1, 0.15) is 6.29 Å². The van der Waals surface area contributed by atoms with E-state index in [0.29, 0.717) is 17.9 Å². The molecule has 1 saturated carbocycles. The molecule has 4 rings (SSSR count). The zero-order valence-corrected chi connectivity index (χ0v) is 24.6. The molecule has 0 aromatic rings. The molecule has 4 aliphatic rings. The van der Waals surface area contributed by atoms with Gasteiger partial charge in [-0.1, -0.05) is 45.4 Å². The van der Waals surface area contributed by atoms with Crippen molar-refractivity contribution >= 4 is 24.2 Å². The van der Waals surface area contributed by atoms with Gasteiger partial charge in [-0.2, -0.15) is 0 Å². The second kappa shape index (κ2) is 11.6. The monoisotopic (exact) mass is 558 g/mol. The van der Waals surface area contributed by atoms with Gasteiger partial charge in [0.2, 0.25) is 0 Å². The number of carbonyl (C=O) groups excluding carboxylic acids is 4. The molecule has 0 aromatic heterocycles. The van der Waals surface area contributed by atoms with Gasteiger partial charge in [-0.15, -0.1) is 0 Å². The number of carbonyl (C=O) groups is 4. The van der Waals surface area contributed by atoms with Crippen LogP contribution in [0.15, 0.2) is 34.4 Å². The fourth-order valence-electron chi connectivity index (χ4n) is 6.91. The van der Waals surface area contributed by atoms with E-state index in [1.54, 1.807) is 0 Å². The van der Waals surface area contributed by atoms with Crippen LogP contribution in [0.5, 0.6) is 0 Å². The molecule has 0 bridgehead atoms. The summed E-state index contributed by atoms with van der Waals surface area (Å²) in [5.41, 5.74) is 4.20. The van der Waals surface area contributed by atoms with Crippen molar-refractivity contribution in [3.05, 3.63) is 34.4 Å². The first-order valence-electron chi connectivity index (χ1n) is 14.2. The van der Waals surface area contributed by atoms with Crippen molar-refractivity contribution in [1.29, 1.82) is 0 Å². The van der Waals surface area contributed by atoms with Crippen LogP contribution >= 0.6 is 0 Å². The normalized spacial score (nSPS) is 35.5. The van der Waals surface area contributed by atoms with Crippen LogP contribution in [0.3, 0.4) is 0 Å². The molecule has 1 heterocycles. The number of hydrogen-bond acceptors (Lipinski definition) is 9. The minimum absolute atomic E-state index is 0.0638. The van der Waals surface area contributed by atoms with Crippen molar-refractivity contribution in [1.82, 2.24) is 0 Å². The van der Waals surface area contributed by atoms with Gasteiger partial charge in [0.25, 0.3) is 0 Å². The molecule has 9 heteroatoms. The molecular formula is C31H42O9. The molecule has 0 spiro atoms. The van der Waals surface area contributed by atoms with E-state index >= 15 is 0 Å². The van der Waals surface area contributed by atoms with Crippen molar-refractivity contribution in [2.24, 2.45) is 16.7 Å². The maximum Gasteiger partial charge on any atom is 0.303 e. The van der Waals surface area contributed by atoms with E-state index in [-0.39, 0.29) is 12.0 Å². The lowest BCUT2D eigenvalue weighted by Gasteiger charge is -2.50. The minimum Gasteiger partial charge on any atom is -0.456 e. The average Bonchev–Trinajstić information content (AvgIpc) is 3.15. The second-order valence-corrected chi connectivity index (χ2v) is 12.3. The van der Waals surface area contributed by atoms with E-state index in [1.807, 2.05) is 6.08 Å². The SMILES string of the molecule is CC(=O)O[C@@H]1[C@@H](OC(C)=O)[C@H](O[C@H]2CC(C=O)=CC=C3C4=C(C(C)C)CC[C@]4(C)CC[C@]32C)OC[C@H]1OC(C)=O. The fourth-order valence-corrected chi connectivity index (χ4v) is 6.91. The van der Waals surface area contributed by atoms with Crippen LogP contribution in [-0.4, -0.2) is 61.5 Å². The molecule has 0 N–H and O–H groups in total. The Morgan fingerprint density at radius 1 is 0.950 bits per heavy atom. The summed E-state index contributed by atoms with van der Waals surface area (Å²) in [4.78, 5) is 48.0. The smallest absolute Gasteiger partial charge is 0.303 e. The first kappa shape index (κ1) is 30.2. The highest BCUT2D eigenvalue weighted by Crippen LogP contribution is 2.62. The van der Waals surface area contributed by atoms with Crippen LogP contribution in [0, 0.1) is 16.7 Å². The van der Waals surface area contributed by atoms with Gasteiger partial charge < -0.3 is 23.7 Å². The van der Waals surface area contributed by atoms with Crippen LogP contribution in [-0.2, 0) is 42.9 Å². The summed E-state index contributed by atoms with van der Waals surface area (Å²) < 4.78 is 29.1. The number of esters is 3. The van der Waals surface area contributed by atoms with Gasteiger partial charge in [-0.05, 0) is 53.7 Å². The summed E-state index contributed by atoms with van der Waals surface area (Å²) in [6.07, 6.45) is 4.21. The van der Waals surface area contributed by atoms with Gasteiger partial charge in [-0.25, -0.2) is 0 Å². The number of aldehydes is 1. The van der Waals surface area contributed by atoms with Gasteiger partial charge in [0.15, 0.2) is 24.6 Å². The topological polar surface area (TPSA) is 114 Å². The third-order valence-corrected chi connectivity index (χ3v) is 9.00. The van der Waals surface area contributed by atoms with Crippen LogP contribution in [0.1, 0.15) is 80.6 Å². The Hall–Kier alpha value is -2.78. The standard InChI is InChI=1S/C31H42O9/c1-17(2)22-10-11-30(6)12-13-31(7)23(26(22)30)9-8-21(15-32)14-25(31)40-29-28(39-20(5)35)27(38-19(4)34)24(16-36-29)37-18(3)33/h8-9,15,17,24-25,27-29H,10-14,16H2,1-7H3/t24-,25+,27+,28-,29+,30-,31-/m1/s1. The van der Waals surface area contributed by atoms with Crippen molar-refractivity contribution in [2.45, 2.75) is 111 Å². The van der Waals surface area contributed by atoms with Crippen LogP contribution in [0.2, 0.25) is 0 Å². The Kier molecular flexibility index (Phi) is 8.76. The summed E-state index contributed by atoms with van der Waals surface area (Å²) >= 11 is 0. The molecule has 0 aromatic carbocycles. The number of allylic oxidation sites excluding steroid dienone is 4. The quantitative estimate of drug-likeness (QED) is 0.252. The van der Waals surface area contributed by atoms with Crippen molar-refractivity contribution in [2.75, 3.05) is 6.61 Å². The number of ether oxygens (including phenoxy) is 5. The largest absolute Gasteiger partial charge is 0.456 e. The van der Waals surface area contributed by atoms with Crippen LogP contribution < -0.4 is 0 Å². The molecule has 9 nitrogen and oxygen atoms in total. The summed E-state index contributed by atoms with van der Waals surface area (Å²) in [6.45, 7) is 12.5. The lowest BCUT2D eigenvalue weighted by atomic mass is 9.57. The van der Waals surface area contributed by atoms with E-state index in [0.717, 1.165) is 32.0 Å². The molecule has 1 aliphatic heterocycles. The first-order chi connectivity index (χ1) is 18.8. The maximum atomic E-state index is 12.2. The molecule has 2 fully saturated rings. The zero-order valence-electron chi connectivity index (χ0n) is 24.6. The highest BCUT2D eigenvalue weighted by Gasteiger charge is 2.55. The molecule has 40 heavy (non-hydrogen) atoms. The molecule has 0 radical (unpaired) electrons. The van der Waals surface area contributed by atoms with Crippen molar-refractivity contribution < 1.29 is 42.9 Å². The van der Waals surface area contributed by atoms with Gasteiger partial charge >= 0.3 is 17.9 Å². The molecule has 3 aliphatic carbocycles. The molecule has 7 atom stereocenters. The Morgan fingerprint density at radius 2 is 1.60 bits per heavy atom. The third kappa shape index (κ3) is 5.81. The van der Waals surface area contributed by atoms with E-state index < -0.39 is 54.0 Å². The predicted molar refractivity (Wildman–Crippen MR) is 145 cm³/mol. The molecular weight excluding hydrogens is 516 g/mol. The van der Waals surface area contributed by atoms with E-state index in [1.165, 1.54) is 37.5 Å². The Labute approximate surface area is 236 Å². The number of rotatable bonds is 7. The Morgan fingerprint density at radius 3 is 2.20 bits per heavy atom. The Bertz CT molecular complexity index is 1150. The second-order valence-electron chi connectivity index (χ2n) is 12.3. The third-order valence-electron chi connectivity index (χ3n) is 9.00. The van der Waals surface area contributed by atoms with Crippen molar-refractivity contribution in [3.8, 4) is 0 Å². The van der Waals surface area contributed by atoms with E-state index in [9.17, 15) is 19.2 Å². The summed E-state index contributed by atoms with van der Waals surface area (Å²) in [7, 11) is 0. The number of fused-ring (bicyclic) bond motifs is 3. The minimum atomic E-state index is -1.19. The lowest BCUT2D eigenvalue weighted by Crippen LogP contribution is -2.59. The molecule has 0 unspecified atom stereocenters. The van der Waals surface area contributed by atoms with Gasteiger partial charge in [0.05, 0.1) is 12.7 Å². The molecule has 220 valence electrons. The summed E-state index contributed by atoms with van der Waals surface area (Å²) in [5, 5.41) is 0. The summed E-state index contributed by atoms with van der Waals surface area (Å²) in [5.74, 6) is -1.45. The average molecular weight is 559 g/mol. The highest BCUT2D eigenvalue weighted by molar-refractivity contribution is 5.75. The molecule has 0 amide bonds. The van der Waals surface area contributed by atoms with E-state index in [4.69, 9.17) is 23.7 Å². The van der Waals surface area contributed by atoms with Crippen molar-refractivity contribution in [3.63, 3.8) is 0 Å². The van der Waals surface area contributed by atoms with Crippen LogP contribution in [0.4, 0.5) is 0 Å². The molecule has 1 saturated heterocycles. The zero-order chi connectivity index (χ0) is 29.4. The highest BCUT2D eigenvalue weighted by atomic mass is 16.7. The van der Waals surface area contributed by atoms with E-state index in [2.05, 4.69) is 33.8 Å². The van der Waals surface area contributed by atoms with Crippen LogP contribution in [0.25, 0.3) is 0 Å². The predicted octanol–water partition coefficient (Wildman–Crippen LogP) is 4.53. The fraction of sp³-hybridized carbons (Fsp3) is 0.677. The first-order valence-corrected chi connectivity index (χ1v) is 14.2.